The van der Waals surface area contributed by atoms with Crippen molar-refractivity contribution in [3.05, 3.63) is 86.9 Å². The minimum absolute atomic E-state index is 0.0755. The Hall–Kier alpha value is -2.81. The molecule has 0 aliphatic carbocycles. The SMILES string of the molecule is COc1ccc(CN2C(=O)C(C)(c3cc(CCOCCN4CCOCC4)ccc3Cl)c3cc(Cl)ccc32)c(OC)c1. The molecule has 0 aromatic heterocycles. The third-order valence-corrected chi connectivity index (χ3v) is 8.61. The van der Waals surface area contributed by atoms with Gasteiger partial charge in [-0.1, -0.05) is 35.3 Å². The molecule has 2 aliphatic rings. The van der Waals surface area contributed by atoms with Gasteiger partial charge in [0.2, 0.25) is 5.91 Å². The molecule has 0 saturated carbocycles. The largest absolute Gasteiger partial charge is 0.497 e. The van der Waals surface area contributed by atoms with Crippen LogP contribution in [0.4, 0.5) is 5.69 Å². The van der Waals surface area contributed by atoms with Gasteiger partial charge in [-0.3, -0.25) is 9.69 Å². The van der Waals surface area contributed by atoms with Crippen LogP contribution < -0.4 is 14.4 Å². The quantitative estimate of drug-likeness (QED) is 0.262. The van der Waals surface area contributed by atoms with Crippen molar-refractivity contribution >= 4 is 34.8 Å². The number of hydrogen-bond acceptors (Lipinski definition) is 6. The summed E-state index contributed by atoms with van der Waals surface area (Å²) < 4.78 is 22.3. The predicted octanol–water partition coefficient (Wildman–Crippen LogP) is 5.75. The van der Waals surface area contributed by atoms with Gasteiger partial charge in [0.1, 0.15) is 16.9 Å². The Morgan fingerprint density at radius 1 is 0.927 bits per heavy atom. The van der Waals surface area contributed by atoms with Gasteiger partial charge in [-0.25, -0.2) is 0 Å². The summed E-state index contributed by atoms with van der Waals surface area (Å²) in [7, 11) is 3.22. The van der Waals surface area contributed by atoms with Gasteiger partial charge in [-0.15, -0.1) is 0 Å². The van der Waals surface area contributed by atoms with Crippen LogP contribution in [-0.4, -0.2) is 71.1 Å². The molecule has 0 radical (unpaired) electrons. The molecule has 1 unspecified atom stereocenters. The molecule has 0 bridgehead atoms. The second kappa shape index (κ2) is 13.0. The van der Waals surface area contributed by atoms with E-state index in [4.69, 9.17) is 42.1 Å². The summed E-state index contributed by atoms with van der Waals surface area (Å²) >= 11 is 13.3. The summed E-state index contributed by atoms with van der Waals surface area (Å²) in [6.07, 6.45) is 0.715. The van der Waals surface area contributed by atoms with Crippen LogP contribution in [0.5, 0.6) is 11.5 Å². The van der Waals surface area contributed by atoms with Crippen molar-refractivity contribution < 1.29 is 23.7 Å². The Balaban J connectivity index is 1.38. The van der Waals surface area contributed by atoms with Crippen molar-refractivity contribution in [1.82, 2.24) is 4.90 Å². The van der Waals surface area contributed by atoms with Crippen LogP contribution in [0.25, 0.3) is 0 Å². The molecule has 218 valence electrons. The lowest BCUT2D eigenvalue weighted by Gasteiger charge is -2.27. The first kappa shape index (κ1) is 29.7. The molecule has 1 saturated heterocycles. The number of ether oxygens (including phenoxy) is 4. The van der Waals surface area contributed by atoms with Gasteiger partial charge in [0.05, 0.1) is 47.2 Å². The van der Waals surface area contributed by atoms with Gasteiger partial charge >= 0.3 is 0 Å². The molecule has 1 amide bonds. The molecular formula is C32H36Cl2N2O5. The van der Waals surface area contributed by atoms with Gasteiger partial charge in [-0.05, 0) is 66.4 Å². The number of methoxy groups -OCH3 is 2. The average molecular weight is 600 g/mol. The first-order chi connectivity index (χ1) is 19.8. The lowest BCUT2D eigenvalue weighted by Crippen LogP contribution is -2.39. The smallest absolute Gasteiger partial charge is 0.242 e. The fourth-order valence-electron chi connectivity index (χ4n) is 5.63. The van der Waals surface area contributed by atoms with Crippen LogP contribution in [0.2, 0.25) is 10.0 Å². The summed E-state index contributed by atoms with van der Waals surface area (Å²) in [4.78, 5) is 18.5. The van der Waals surface area contributed by atoms with Gasteiger partial charge in [0.25, 0.3) is 0 Å². The Labute approximate surface area is 251 Å². The minimum atomic E-state index is -1.02. The molecule has 9 heteroatoms. The van der Waals surface area contributed by atoms with E-state index in [1.165, 1.54) is 0 Å². The monoisotopic (exact) mass is 598 g/mol. The van der Waals surface area contributed by atoms with Gasteiger partial charge in [0, 0.05) is 47.0 Å². The van der Waals surface area contributed by atoms with Crippen LogP contribution in [0.3, 0.4) is 0 Å². The molecule has 0 spiro atoms. The Bertz CT molecular complexity index is 1390. The Kier molecular flexibility index (Phi) is 9.42. The summed E-state index contributed by atoms with van der Waals surface area (Å²) in [6.45, 7) is 7.87. The normalized spacial score (nSPS) is 19.0. The number of carbonyl (C=O) groups is 1. The minimum Gasteiger partial charge on any atom is -0.497 e. The van der Waals surface area contributed by atoms with Crippen molar-refractivity contribution in [3.63, 3.8) is 0 Å². The van der Waals surface area contributed by atoms with E-state index >= 15 is 0 Å². The highest BCUT2D eigenvalue weighted by Gasteiger charge is 2.49. The van der Waals surface area contributed by atoms with Crippen molar-refractivity contribution in [2.75, 3.05) is 65.2 Å². The maximum absolute atomic E-state index is 14.4. The number of nitrogens with zero attached hydrogens (tertiary/aromatic N) is 2. The molecule has 2 aliphatic heterocycles. The van der Waals surface area contributed by atoms with E-state index in [9.17, 15) is 4.79 Å². The summed E-state index contributed by atoms with van der Waals surface area (Å²) in [5.74, 6) is 1.26. The molecule has 1 atom stereocenters. The molecule has 3 aromatic carbocycles. The highest BCUT2D eigenvalue weighted by atomic mass is 35.5. The van der Waals surface area contributed by atoms with E-state index < -0.39 is 5.41 Å². The maximum atomic E-state index is 14.4. The number of morpholine rings is 1. The van der Waals surface area contributed by atoms with Crippen LogP contribution >= 0.6 is 23.2 Å². The average Bonchev–Trinajstić information content (AvgIpc) is 3.20. The summed E-state index contributed by atoms with van der Waals surface area (Å²) in [5, 5.41) is 1.10. The summed E-state index contributed by atoms with van der Waals surface area (Å²) in [6, 6.07) is 17.1. The van der Waals surface area contributed by atoms with E-state index in [2.05, 4.69) is 4.90 Å². The maximum Gasteiger partial charge on any atom is 0.242 e. The second-order valence-corrected chi connectivity index (χ2v) is 11.3. The fraction of sp³-hybridized carbons (Fsp3) is 0.406. The highest BCUT2D eigenvalue weighted by molar-refractivity contribution is 6.32. The lowest BCUT2D eigenvalue weighted by molar-refractivity contribution is -0.121. The number of halogens is 2. The van der Waals surface area contributed by atoms with Gasteiger partial charge < -0.3 is 23.8 Å². The first-order valence-electron chi connectivity index (χ1n) is 13.8. The number of benzene rings is 3. The molecule has 3 aromatic rings. The number of amides is 1. The first-order valence-corrected chi connectivity index (χ1v) is 14.6. The van der Waals surface area contributed by atoms with E-state index in [0.29, 0.717) is 47.7 Å². The Morgan fingerprint density at radius 2 is 1.73 bits per heavy atom. The zero-order valence-electron chi connectivity index (χ0n) is 23.8. The van der Waals surface area contributed by atoms with Crippen LogP contribution in [0.1, 0.15) is 29.2 Å². The topological polar surface area (TPSA) is 60.5 Å². The molecule has 2 heterocycles. The number of anilines is 1. The molecular weight excluding hydrogens is 563 g/mol. The van der Waals surface area contributed by atoms with Crippen LogP contribution in [-0.2, 0) is 32.6 Å². The molecule has 5 rings (SSSR count). The third kappa shape index (κ3) is 6.20. The molecule has 0 N–H and O–H groups in total. The van der Waals surface area contributed by atoms with Crippen molar-refractivity contribution in [1.29, 1.82) is 0 Å². The molecule has 1 fully saturated rings. The fourth-order valence-corrected chi connectivity index (χ4v) is 6.11. The van der Waals surface area contributed by atoms with Crippen LogP contribution in [0, 0.1) is 0 Å². The Morgan fingerprint density at radius 3 is 2.49 bits per heavy atom. The zero-order chi connectivity index (χ0) is 29.0. The number of hydrogen-bond donors (Lipinski definition) is 0. The number of rotatable bonds is 11. The third-order valence-electron chi connectivity index (χ3n) is 8.04. The van der Waals surface area contributed by atoms with E-state index in [1.807, 2.05) is 61.5 Å². The second-order valence-electron chi connectivity index (χ2n) is 10.5. The van der Waals surface area contributed by atoms with E-state index in [1.54, 1.807) is 19.1 Å². The lowest BCUT2D eigenvalue weighted by atomic mass is 9.76. The molecule has 7 nitrogen and oxygen atoms in total. The predicted molar refractivity (Wildman–Crippen MR) is 162 cm³/mol. The van der Waals surface area contributed by atoms with Crippen molar-refractivity contribution in [3.8, 4) is 11.5 Å². The van der Waals surface area contributed by atoms with Gasteiger partial charge in [0.15, 0.2) is 0 Å². The summed E-state index contributed by atoms with van der Waals surface area (Å²) in [5.41, 5.74) is 3.27. The van der Waals surface area contributed by atoms with Gasteiger partial charge in [-0.2, -0.15) is 0 Å². The highest BCUT2D eigenvalue weighted by Crippen LogP contribution is 2.49. The van der Waals surface area contributed by atoms with Crippen LogP contribution in [0.15, 0.2) is 54.6 Å². The van der Waals surface area contributed by atoms with Crippen molar-refractivity contribution in [2.24, 2.45) is 0 Å². The van der Waals surface area contributed by atoms with Crippen molar-refractivity contribution in [2.45, 2.75) is 25.3 Å². The standard InChI is InChI=1S/C32H36Cl2N2O5/c1-32(26-18-22(4-8-28(26)34)10-14-40-15-11-35-12-16-41-17-13-35)27-19-24(33)6-9-29(27)36(31(32)37)21-23-5-7-25(38-2)20-30(23)39-3/h4-9,18-20H,10-17,21H2,1-3H3. The zero-order valence-corrected chi connectivity index (χ0v) is 25.3. The molecule has 41 heavy (non-hydrogen) atoms. The van der Waals surface area contributed by atoms with E-state index in [-0.39, 0.29) is 5.91 Å². The number of carbonyl (C=O) groups excluding carboxylic acids is 1. The van der Waals surface area contributed by atoms with E-state index in [0.717, 1.165) is 60.8 Å². The number of fused-ring (bicyclic) bond motifs is 1.